The number of nitrogens with zero attached hydrogens (tertiary/aromatic N) is 2. The Morgan fingerprint density at radius 3 is 3.00 bits per heavy atom. The Morgan fingerprint density at radius 2 is 2.20 bits per heavy atom. The standard InChI is InChI=1S/C18H19N3O2S2/c1-12-5-3-4-6-15(12)13(2)19-16(22)11-24-10-14-9-17(23)21-7-8-25-18(21)20-14/h3-9,13H,10-11H2,1-2H3,(H,19,22). The number of aromatic nitrogens is 2. The van der Waals surface area contributed by atoms with Gasteiger partial charge in [-0.25, -0.2) is 4.98 Å². The van der Waals surface area contributed by atoms with Gasteiger partial charge in [0.05, 0.1) is 17.5 Å². The van der Waals surface area contributed by atoms with Crippen LogP contribution in [0.2, 0.25) is 0 Å². The molecule has 0 bridgehead atoms. The molecule has 1 amide bonds. The lowest BCUT2D eigenvalue weighted by molar-refractivity contribution is -0.119. The number of aryl methyl sites for hydroxylation is 1. The zero-order chi connectivity index (χ0) is 17.8. The highest BCUT2D eigenvalue weighted by atomic mass is 32.2. The van der Waals surface area contributed by atoms with Crippen LogP contribution in [0.3, 0.4) is 0 Å². The summed E-state index contributed by atoms with van der Waals surface area (Å²) < 4.78 is 1.52. The Hall–Kier alpha value is -2.12. The van der Waals surface area contributed by atoms with Gasteiger partial charge < -0.3 is 5.32 Å². The smallest absolute Gasteiger partial charge is 0.258 e. The Balaban J connectivity index is 1.53. The molecule has 0 radical (unpaired) electrons. The first-order chi connectivity index (χ1) is 12.0. The fourth-order valence-electron chi connectivity index (χ4n) is 2.64. The first-order valence-corrected chi connectivity index (χ1v) is 9.96. The molecule has 1 aromatic carbocycles. The zero-order valence-corrected chi connectivity index (χ0v) is 15.7. The molecule has 3 rings (SSSR count). The van der Waals surface area contributed by atoms with Crippen molar-refractivity contribution in [1.29, 1.82) is 0 Å². The van der Waals surface area contributed by atoms with Crippen LogP contribution in [-0.2, 0) is 10.5 Å². The van der Waals surface area contributed by atoms with Gasteiger partial charge in [0.25, 0.3) is 5.56 Å². The molecule has 1 N–H and O–H groups in total. The average molecular weight is 374 g/mol. The van der Waals surface area contributed by atoms with Crippen molar-refractivity contribution in [2.75, 3.05) is 5.75 Å². The molecule has 5 nitrogen and oxygen atoms in total. The fourth-order valence-corrected chi connectivity index (χ4v) is 4.11. The van der Waals surface area contributed by atoms with Crippen molar-refractivity contribution in [1.82, 2.24) is 14.7 Å². The van der Waals surface area contributed by atoms with Crippen LogP contribution in [0.25, 0.3) is 4.96 Å². The van der Waals surface area contributed by atoms with Gasteiger partial charge in [-0.3, -0.25) is 14.0 Å². The van der Waals surface area contributed by atoms with E-state index in [1.165, 1.54) is 33.6 Å². The predicted molar refractivity (Wildman–Crippen MR) is 103 cm³/mol. The Morgan fingerprint density at radius 1 is 1.40 bits per heavy atom. The monoisotopic (exact) mass is 373 g/mol. The van der Waals surface area contributed by atoms with Crippen molar-refractivity contribution in [3.05, 3.63) is 69.1 Å². The average Bonchev–Trinajstić information content (AvgIpc) is 3.04. The lowest BCUT2D eigenvalue weighted by atomic mass is 10.0. The van der Waals surface area contributed by atoms with Crippen LogP contribution in [0.4, 0.5) is 0 Å². The summed E-state index contributed by atoms with van der Waals surface area (Å²) in [6.07, 6.45) is 1.71. The summed E-state index contributed by atoms with van der Waals surface area (Å²) >= 11 is 2.88. The minimum absolute atomic E-state index is 0.0188. The molecule has 0 aliphatic heterocycles. The van der Waals surface area contributed by atoms with Crippen molar-refractivity contribution in [2.45, 2.75) is 25.6 Å². The minimum Gasteiger partial charge on any atom is -0.349 e. The van der Waals surface area contributed by atoms with E-state index in [9.17, 15) is 9.59 Å². The highest BCUT2D eigenvalue weighted by Crippen LogP contribution is 2.17. The molecule has 130 valence electrons. The number of fused-ring (bicyclic) bond motifs is 1. The first kappa shape index (κ1) is 17.7. The van der Waals surface area contributed by atoms with Gasteiger partial charge in [-0.05, 0) is 25.0 Å². The molecule has 1 atom stereocenters. The largest absolute Gasteiger partial charge is 0.349 e. The number of hydrogen-bond donors (Lipinski definition) is 1. The highest BCUT2D eigenvalue weighted by Gasteiger charge is 2.12. The summed E-state index contributed by atoms with van der Waals surface area (Å²) in [5.74, 6) is 0.854. The van der Waals surface area contributed by atoms with Crippen molar-refractivity contribution >= 4 is 34.0 Å². The maximum absolute atomic E-state index is 12.2. The number of benzene rings is 1. The van der Waals surface area contributed by atoms with E-state index in [0.29, 0.717) is 22.2 Å². The lowest BCUT2D eigenvalue weighted by Crippen LogP contribution is -2.28. The number of nitrogens with one attached hydrogen (secondary N) is 1. The van der Waals surface area contributed by atoms with Gasteiger partial charge in [-0.1, -0.05) is 24.3 Å². The molecule has 0 fully saturated rings. The lowest BCUT2D eigenvalue weighted by Gasteiger charge is -2.16. The van der Waals surface area contributed by atoms with E-state index >= 15 is 0 Å². The van der Waals surface area contributed by atoms with E-state index in [4.69, 9.17) is 0 Å². The van der Waals surface area contributed by atoms with Gasteiger partial charge >= 0.3 is 0 Å². The zero-order valence-electron chi connectivity index (χ0n) is 14.1. The van der Waals surface area contributed by atoms with Crippen molar-refractivity contribution < 1.29 is 4.79 Å². The molecular weight excluding hydrogens is 354 g/mol. The van der Waals surface area contributed by atoms with Gasteiger partial charge in [-0.15, -0.1) is 23.1 Å². The number of hydrogen-bond acceptors (Lipinski definition) is 5. The summed E-state index contributed by atoms with van der Waals surface area (Å²) in [5, 5.41) is 4.85. The van der Waals surface area contributed by atoms with E-state index in [0.717, 1.165) is 11.1 Å². The van der Waals surface area contributed by atoms with Crippen molar-refractivity contribution in [3.63, 3.8) is 0 Å². The number of carbonyl (C=O) groups excluding carboxylic acids is 1. The van der Waals surface area contributed by atoms with E-state index < -0.39 is 0 Å². The van der Waals surface area contributed by atoms with E-state index in [-0.39, 0.29) is 17.5 Å². The molecule has 7 heteroatoms. The second kappa shape index (κ2) is 7.84. The topological polar surface area (TPSA) is 63.5 Å². The quantitative estimate of drug-likeness (QED) is 0.721. The van der Waals surface area contributed by atoms with E-state index in [2.05, 4.69) is 10.3 Å². The molecule has 25 heavy (non-hydrogen) atoms. The third-order valence-electron chi connectivity index (χ3n) is 3.87. The number of amides is 1. The summed E-state index contributed by atoms with van der Waals surface area (Å²) in [7, 11) is 0. The van der Waals surface area contributed by atoms with Crippen LogP contribution < -0.4 is 10.9 Å². The SMILES string of the molecule is Cc1ccccc1C(C)NC(=O)CSCc1cc(=O)n2ccsc2n1. The van der Waals surface area contributed by atoms with Gasteiger partial charge in [0.1, 0.15) is 0 Å². The maximum Gasteiger partial charge on any atom is 0.258 e. The molecule has 2 heterocycles. The molecule has 0 saturated heterocycles. The molecule has 0 spiro atoms. The van der Waals surface area contributed by atoms with Crippen LogP contribution in [0.1, 0.15) is 29.8 Å². The predicted octanol–water partition coefficient (Wildman–Crippen LogP) is 3.18. The number of carbonyl (C=O) groups is 1. The Kier molecular flexibility index (Phi) is 5.55. The highest BCUT2D eigenvalue weighted by molar-refractivity contribution is 7.99. The van der Waals surface area contributed by atoms with Gasteiger partial charge in [0, 0.05) is 23.4 Å². The van der Waals surface area contributed by atoms with Crippen LogP contribution in [0, 0.1) is 6.92 Å². The molecule has 2 aromatic heterocycles. The van der Waals surface area contributed by atoms with E-state index in [1.807, 2.05) is 43.5 Å². The van der Waals surface area contributed by atoms with Crippen LogP contribution >= 0.6 is 23.1 Å². The van der Waals surface area contributed by atoms with Gasteiger partial charge in [0.2, 0.25) is 5.91 Å². The van der Waals surface area contributed by atoms with Crippen LogP contribution in [0.5, 0.6) is 0 Å². The summed E-state index contributed by atoms with van der Waals surface area (Å²) in [5.41, 5.74) is 2.91. The fraction of sp³-hybridized carbons (Fsp3) is 0.278. The van der Waals surface area contributed by atoms with Gasteiger partial charge in [-0.2, -0.15) is 0 Å². The van der Waals surface area contributed by atoms with Crippen molar-refractivity contribution in [2.24, 2.45) is 0 Å². The molecule has 0 aliphatic rings. The Labute approximate surface area is 154 Å². The summed E-state index contributed by atoms with van der Waals surface area (Å²) in [4.78, 5) is 29.2. The molecule has 3 aromatic rings. The molecule has 0 aliphatic carbocycles. The third-order valence-corrected chi connectivity index (χ3v) is 5.59. The second-order valence-electron chi connectivity index (χ2n) is 5.78. The molecular formula is C18H19N3O2S2. The number of rotatable bonds is 6. The maximum atomic E-state index is 12.2. The molecule has 0 saturated carbocycles. The summed E-state index contributed by atoms with van der Waals surface area (Å²) in [6.45, 7) is 4.02. The number of thioether (sulfide) groups is 1. The number of thiazole rings is 1. The Bertz CT molecular complexity index is 949. The van der Waals surface area contributed by atoms with Crippen LogP contribution in [-0.4, -0.2) is 21.0 Å². The minimum atomic E-state index is -0.0838. The first-order valence-electron chi connectivity index (χ1n) is 7.93. The van der Waals surface area contributed by atoms with Crippen molar-refractivity contribution in [3.8, 4) is 0 Å². The second-order valence-corrected chi connectivity index (χ2v) is 7.64. The third kappa shape index (κ3) is 4.29. The normalized spacial score (nSPS) is 12.2. The van der Waals surface area contributed by atoms with Crippen LogP contribution in [0.15, 0.2) is 46.7 Å². The van der Waals surface area contributed by atoms with Gasteiger partial charge in [0.15, 0.2) is 4.96 Å². The summed E-state index contributed by atoms with van der Waals surface area (Å²) in [6, 6.07) is 9.53. The molecule has 1 unspecified atom stereocenters. The van der Waals surface area contributed by atoms with E-state index in [1.54, 1.807) is 6.20 Å².